The van der Waals surface area contributed by atoms with E-state index < -0.39 is 0 Å². The molecule has 1 unspecified atom stereocenters. The topological polar surface area (TPSA) is 18.5 Å². The Labute approximate surface area is 108 Å². The highest BCUT2D eigenvalue weighted by molar-refractivity contribution is 4.78. The summed E-state index contributed by atoms with van der Waals surface area (Å²) < 4.78 is 0. The minimum atomic E-state index is 0.731. The van der Waals surface area contributed by atoms with Crippen LogP contribution in [0, 0.1) is 0 Å². The molecule has 17 heavy (non-hydrogen) atoms. The van der Waals surface area contributed by atoms with E-state index in [4.69, 9.17) is 0 Å². The number of likely N-dealkylation sites (tertiary alicyclic amines) is 1. The molecule has 0 amide bonds. The molecule has 1 saturated heterocycles. The summed E-state index contributed by atoms with van der Waals surface area (Å²) in [5, 5.41) is 3.59. The molecule has 0 spiro atoms. The molecule has 0 aromatic heterocycles. The molecular weight excluding hydrogens is 210 g/mol. The third-order valence-corrected chi connectivity index (χ3v) is 3.72. The van der Waals surface area contributed by atoms with Crippen molar-refractivity contribution in [2.24, 2.45) is 0 Å². The summed E-state index contributed by atoms with van der Waals surface area (Å²) in [4.78, 5) is 5.20. The van der Waals surface area contributed by atoms with Crippen LogP contribution in [0.3, 0.4) is 0 Å². The van der Waals surface area contributed by atoms with Gasteiger partial charge in [-0.05, 0) is 45.4 Å². The number of nitrogens with one attached hydrogen (secondary N) is 1. The normalized spacial score (nSPS) is 22.2. The molecule has 1 heterocycles. The van der Waals surface area contributed by atoms with Gasteiger partial charge in [-0.1, -0.05) is 20.8 Å². The van der Waals surface area contributed by atoms with Gasteiger partial charge in [0, 0.05) is 25.7 Å². The van der Waals surface area contributed by atoms with Crippen molar-refractivity contribution in [3.63, 3.8) is 0 Å². The van der Waals surface area contributed by atoms with E-state index in [1.54, 1.807) is 0 Å². The zero-order chi connectivity index (χ0) is 12.5. The molecule has 1 aliphatic rings. The van der Waals surface area contributed by atoms with Gasteiger partial charge in [-0.3, -0.25) is 0 Å². The van der Waals surface area contributed by atoms with E-state index >= 15 is 0 Å². The van der Waals surface area contributed by atoms with Crippen molar-refractivity contribution in [2.45, 2.75) is 46.1 Å². The first kappa shape index (κ1) is 14.9. The van der Waals surface area contributed by atoms with Crippen molar-refractivity contribution in [3.8, 4) is 0 Å². The van der Waals surface area contributed by atoms with Crippen LogP contribution in [0.4, 0.5) is 0 Å². The fourth-order valence-electron chi connectivity index (χ4n) is 2.74. The predicted octanol–water partition coefficient (Wildman–Crippen LogP) is 1.79. The Morgan fingerprint density at radius 2 is 2.06 bits per heavy atom. The lowest BCUT2D eigenvalue weighted by Gasteiger charge is -2.34. The minimum Gasteiger partial charge on any atom is -0.313 e. The SMILES string of the molecule is CCCN(CC)CCN1CCCC(NCC)C1. The summed E-state index contributed by atoms with van der Waals surface area (Å²) in [5.41, 5.74) is 0. The Balaban J connectivity index is 2.21. The highest BCUT2D eigenvalue weighted by Crippen LogP contribution is 2.09. The van der Waals surface area contributed by atoms with E-state index in [2.05, 4.69) is 35.9 Å². The molecule has 3 nitrogen and oxygen atoms in total. The van der Waals surface area contributed by atoms with E-state index in [1.807, 2.05) is 0 Å². The molecule has 0 aliphatic carbocycles. The van der Waals surface area contributed by atoms with Gasteiger partial charge in [-0.15, -0.1) is 0 Å². The fraction of sp³-hybridized carbons (Fsp3) is 1.00. The van der Waals surface area contributed by atoms with Crippen LogP contribution in [-0.4, -0.2) is 61.7 Å². The largest absolute Gasteiger partial charge is 0.313 e. The molecular formula is C14H31N3. The van der Waals surface area contributed by atoms with Gasteiger partial charge in [0.05, 0.1) is 0 Å². The van der Waals surface area contributed by atoms with Crippen molar-refractivity contribution in [2.75, 3.05) is 45.8 Å². The Morgan fingerprint density at radius 3 is 2.71 bits per heavy atom. The number of nitrogens with zero attached hydrogens (tertiary/aromatic N) is 2. The zero-order valence-corrected chi connectivity index (χ0v) is 12.0. The number of hydrogen-bond acceptors (Lipinski definition) is 3. The Morgan fingerprint density at radius 1 is 1.24 bits per heavy atom. The van der Waals surface area contributed by atoms with Gasteiger partial charge in [0.2, 0.25) is 0 Å². The van der Waals surface area contributed by atoms with Crippen molar-refractivity contribution >= 4 is 0 Å². The molecule has 0 radical (unpaired) electrons. The van der Waals surface area contributed by atoms with Crippen LogP contribution in [0.1, 0.15) is 40.0 Å². The molecule has 3 heteroatoms. The third-order valence-electron chi connectivity index (χ3n) is 3.72. The molecule has 1 rings (SSSR count). The Hall–Kier alpha value is -0.120. The highest BCUT2D eigenvalue weighted by Gasteiger charge is 2.18. The highest BCUT2D eigenvalue weighted by atomic mass is 15.2. The zero-order valence-electron chi connectivity index (χ0n) is 12.0. The molecule has 0 bridgehead atoms. The second-order valence-corrected chi connectivity index (χ2v) is 5.13. The number of hydrogen-bond donors (Lipinski definition) is 1. The summed E-state index contributed by atoms with van der Waals surface area (Å²) in [6.45, 7) is 15.3. The van der Waals surface area contributed by atoms with Crippen LogP contribution in [0.15, 0.2) is 0 Å². The van der Waals surface area contributed by atoms with E-state index in [0.717, 1.165) is 12.6 Å². The van der Waals surface area contributed by atoms with Crippen LogP contribution in [0.2, 0.25) is 0 Å². The lowest BCUT2D eigenvalue weighted by atomic mass is 10.1. The van der Waals surface area contributed by atoms with Crippen molar-refractivity contribution in [3.05, 3.63) is 0 Å². The second-order valence-electron chi connectivity index (χ2n) is 5.13. The Kier molecular flexibility index (Phi) is 7.82. The predicted molar refractivity (Wildman–Crippen MR) is 75.5 cm³/mol. The van der Waals surface area contributed by atoms with E-state index in [0.29, 0.717) is 0 Å². The van der Waals surface area contributed by atoms with E-state index in [9.17, 15) is 0 Å². The average molecular weight is 241 g/mol. The number of likely N-dealkylation sites (N-methyl/N-ethyl adjacent to an activating group) is 2. The van der Waals surface area contributed by atoms with Gasteiger partial charge in [-0.2, -0.15) is 0 Å². The molecule has 0 aromatic carbocycles. The van der Waals surface area contributed by atoms with Gasteiger partial charge in [0.25, 0.3) is 0 Å². The minimum absolute atomic E-state index is 0.731. The monoisotopic (exact) mass is 241 g/mol. The average Bonchev–Trinajstić information content (AvgIpc) is 2.35. The maximum absolute atomic E-state index is 3.59. The molecule has 1 N–H and O–H groups in total. The summed E-state index contributed by atoms with van der Waals surface area (Å²) in [7, 11) is 0. The van der Waals surface area contributed by atoms with Crippen molar-refractivity contribution in [1.29, 1.82) is 0 Å². The number of piperidine rings is 1. The second kappa shape index (κ2) is 8.90. The first-order valence-corrected chi connectivity index (χ1v) is 7.48. The first-order chi connectivity index (χ1) is 8.30. The van der Waals surface area contributed by atoms with Gasteiger partial charge in [0.15, 0.2) is 0 Å². The van der Waals surface area contributed by atoms with E-state index in [-0.39, 0.29) is 0 Å². The standard InChI is InChI=1S/C14H31N3/c1-4-9-16(6-3)11-12-17-10-7-8-14(13-17)15-5-2/h14-15H,4-13H2,1-3H3. The maximum Gasteiger partial charge on any atom is 0.0195 e. The van der Waals surface area contributed by atoms with Gasteiger partial charge in [-0.25, -0.2) is 0 Å². The molecule has 0 aromatic rings. The summed E-state index contributed by atoms with van der Waals surface area (Å²) in [5.74, 6) is 0. The summed E-state index contributed by atoms with van der Waals surface area (Å²) in [6.07, 6.45) is 3.99. The molecule has 1 atom stereocenters. The molecule has 0 saturated carbocycles. The quantitative estimate of drug-likeness (QED) is 0.699. The smallest absolute Gasteiger partial charge is 0.0195 e. The first-order valence-electron chi connectivity index (χ1n) is 7.48. The van der Waals surface area contributed by atoms with Crippen LogP contribution >= 0.6 is 0 Å². The van der Waals surface area contributed by atoms with Crippen molar-refractivity contribution < 1.29 is 0 Å². The summed E-state index contributed by atoms with van der Waals surface area (Å²) >= 11 is 0. The molecule has 1 aliphatic heterocycles. The van der Waals surface area contributed by atoms with Crippen molar-refractivity contribution in [1.82, 2.24) is 15.1 Å². The van der Waals surface area contributed by atoms with E-state index in [1.165, 1.54) is 58.5 Å². The lowest BCUT2D eigenvalue weighted by Crippen LogP contribution is -2.47. The van der Waals surface area contributed by atoms with Crippen LogP contribution in [-0.2, 0) is 0 Å². The number of rotatable bonds is 8. The third kappa shape index (κ3) is 5.84. The molecule has 1 fully saturated rings. The fourth-order valence-corrected chi connectivity index (χ4v) is 2.74. The van der Waals surface area contributed by atoms with Gasteiger partial charge >= 0.3 is 0 Å². The van der Waals surface area contributed by atoms with Crippen LogP contribution in [0.5, 0.6) is 0 Å². The summed E-state index contributed by atoms with van der Waals surface area (Å²) in [6, 6.07) is 0.731. The van der Waals surface area contributed by atoms with Gasteiger partial charge < -0.3 is 15.1 Å². The van der Waals surface area contributed by atoms with Crippen LogP contribution in [0.25, 0.3) is 0 Å². The molecule has 102 valence electrons. The van der Waals surface area contributed by atoms with Gasteiger partial charge in [0.1, 0.15) is 0 Å². The lowest BCUT2D eigenvalue weighted by molar-refractivity contribution is 0.163. The Bertz CT molecular complexity index is 182. The van der Waals surface area contributed by atoms with Crippen LogP contribution < -0.4 is 5.32 Å². The maximum atomic E-state index is 3.59.